The van der Waals surface area contributed by atoms with Gasteiger partial charge in [0.15, 0.2) is 0 Å². The molecule has 1 fully saturated rings. The van der Waals surface area contributed by atoms with Gasteiger partial charge in [0.1, 0.15) is 5.60 Å². The van der Waals surface area contributed by atoms with E-state index in [0.29, 0.717) is 0 Å². The Balaban J connectivity index is 2.12. The first-order valence-corrected chi connectivity index (χ1v) is 8.13. The van der Waals surface area contributed by atoms with Gasteiger partial charge in [-0.2, -0.15) is 0 Å². The maximum absolute atomic E-state index is 12.2. The van der Waals surface area contributed by atoms with Crippen molar-refractivity contribution in [2.45, 2.75) is 50.3 Å². The van der Waals surface area contributed by atoms with Crippen molar-refractivity contribution in [1.82, 2.24) is 9.88 Å². The molecule has 0 bridgehead atoms. The molecule has 0 unspecified atom stereocenters. The zero-order valence-corrected chi connectivity index (χ0v) is 13.4. The Morgan fingerprint density at radius 1 is 1.45 bits per heavy atom. The number of likely N-dealkylation sites (tertiary alicyclic amines) is 1. The lowest BCUT2D eigenvalue weighted by molar-refractivity contribution is 0.0224. The van der Waals surface area contributed by atoms with Crippen LogP contribution in [0.15, 0.2) is 23.4 Å². The van der Waals surface area contributed by atoms with Gasteiger partial charge in [-0.3, -0.25) is 0 Å². The summed E-state index contributed by atoms with van der Waals surface area (Å²) in [5.41, 5.74) is 0.636. The Morgan fingerprint density at radius 3 is 2.75 bits per heavy atom. The molecule has 5 heteroatoms. The predicted octanol–water partition coefficient (Wildman–Crippen LogP) is 3.88. The van der Waals surface area contributed by atoms with Crippen LogP contribution in [0.5, 0.6) is 0 Å². The molecule has 0 aliphatic carbocycles. The van der Waals surface area contributed by atoms with Gasteiger partial charge in [-0.1, -0.05) is 6.07 Å². The number of carbonyl (C=O) groups is 1. The minimum Gasteiger partial charge on any atom is -0.444 e. The summed E-state index contributed by atoms with van der Waals surface area (Å²) in [4.78, 5) is 18.5. The van der Waals surface area contributed by atoms with Crippen molar-refractivity contribution < 1.29 is 9.53 Å². The van der Waals surface area contributed by atoms with E-state index in [4.69, 9.17) is 4.74 Å². The first kappa shape index (κ1) is 15.2. The molecule has 0 radical (unpaired) electrons. The summed E-state index contributed by atoms with van der Waals surface area (Å²) in [5.74, 6) is 0. The van der Waals surface area contributed by atoms with E-state index in [0.717, 1.165) is 30.0 Å². The van der Waals surface area contributed by atoms with E-state index >= 15 is 0 Å². The highest BCUT2D eigenvalue weighted by atomic mass is 32.2. The van der Waals surface area contributed by atoms with Gasteiger partial charge in [0, 0.05) is 12.7 Å². The van der Waals surface area contributed by atoms with E-state index in [2.05, 4.69) is 11.1 Å². The fraction of sp³-hybridized carbons (Fsp3) is 0.600. The lowest BCUT2D eigenvalue weighted by Crippen LogP contribution is -2.36. The predicted molar refractivity (Wildman–Crippen MR) is 80.9 cm³/mol. The standard InChI is InChI=1S/C15H22N2O2S/c1-15(2,3)19-14(18)17-9-5-6-12(17)11-7-8-13(20-4)16-10-11/h7-8,10,12H,5-6,9H2,1-4H3/t12-/m1/s1. The van der Waals surface area contributed by atoms with Crippen LogP contribution >= 0.6 is 11.8 Å². The van der Waals surface area contributed by atoms with Crippen molar-refractivity contribution in [3.8, 4) is 0 Å². The fourth-order valence-corrected chi connectivity index (χ4v) is 2.72. The van der Waals surface area contributed by atoms with Crippen LogP contribution in [0.25, 0.3) is 0 Å². The van der Waals surface area contributed by atoms with Crippen molar-refractivity contribution >= 4 is 17.9 Å². The summed E-state index contributed by atoms with van der Waals surface area (Å²) >= 11 is 1.62. The van der Waals surface area contributed by atoms with Gasteiger partial charge in [0.05, 0.1) is 11.1 Å². The van der Waals surface area contributed by atoms with E-state index in [1.54, 1.807) is 11.8 Å². The molecule has 0 aromatic carbocycles. The van der Waals surface area contributed by atoms with Gasteiger partial charge >= 0.3 is 6.09 Å². The number of hydrogen-bond donors (Lipinski definition) is 0. The second kappa shape index (κ2) is 6.04. The molecule has 2 heterocycles. The molecule has 1 aromatic heterocycles. The third kappa shape index (κ3) is 3.66. The van der Waals surface area contributed by atoms with Gasteiger partial charge in [0.25, 0.3) is 0 Å². The average molecular weight is 294 g/mol. The summed E-state index contributed by atoms with van der Waals surface area (Å²) in [5, 5.41) is 0.996. The number of pyridine rings is 1. The normalized spacial score (nSPS) is 19.2. The van der Waals surface area contributed by atoms with Gasteiger partial charge < -0.3 is 9.64 Å². The average Bonchev–Trinajstić information content (AvgIpc) is 2.86. The van der Waals surface area contributed by atoms with Crippen LogP contribution in [-0.2, 0) is 4.74 Å². The van der Waals surface area contributed by atoms with E-state index in [-0.39, 0.29) is 12.1 Å². The van der Waals surface area contributed by atoms with Crippen LogP contribution in [-0.4, -0.2) is 34.4 Å². The maximum atomic E-state index is 12.2. The Morgan fingerprint density at radius 2 is 2.20 bits per heavy atom. The Kier molecular flexibility index (Phi) is 4.58. The second-order valence-electron chi connectivity index (χ2n) is 5.97. The van der Waals surface area contributed by atoms with E-state index in [1.165, 1.54) is 0 Å². The molecular weight excluding hydrogens is 272 g/mol. The number of ether oxygens (including phenoxy) is 1. The summed E-state index contributed by atoms with van der Waals surface area (Å²) in [6.07, 6.45) is 5.63. The molecule has 2 rings (SSSR count). The lowest BCUT2D eigenvalue weighted by atomic mass is 10.1. The third-order valence-electron chi connectivity index (χ3n) is 3.23. The number of hydrogen-bond acceptors (Lipinski definition) is 4. The van der Waals surface area contributed by atoms with Crippen molar-refractivity contribution in [3.63, 3.8) is 0 Å². The largest absolute Gasteiger partial charge is 0.444 e. The topological polar surface area (TPSA) is 42.4 Å². The summed E-state index contributed by atoms with van der Waals surface area (Å²) in [7, 11) is 0. The Hall–Kier alpha value is -1.23. The number of rotatable bonds is 2. The molecule has 1 aliphatic rings. The zero-order chi connectivity index (χ0) is 14.8. The zero-order valence-electron chi connectivity index (χ0n) is 12.5. The van der Waals surface area contributed by atoms with Gasteiger partial charge in [-0.15, -0.1) is 11.8 Å². The SMILES string of the molecule is CSc1ccc([C@H]2CCCN2C(=O)OC(C)(C)C)cn1. The molecule has 20 heavy (non-hydrogen) atoms. The molecule has 1 amide bonds. The van der Waals surface area contributed by atoms with Crippen LogP contribution in [0, 0.1) is 0 Å². The molecule has 4 nitrogen and oxygen atoms in total. The molecule has 0 N–H and O–H groups in total. The van der Waals surface area contributed by atoms with E-state index < -0.39 is 5.60 Å². The summed E-state index contributed by atoms with van der Waals surface area (Å²) in [6.45, 7) is 6.43. The molecule has 0 saturated carbocycles. The molecule has 1 saturated heterocycles. The lowest BCUT2D eigenvalue weighted by Gasteiger charge is -2.28. The summed E-state index contributed by atoms with van der Waals surface area (Å²) in [6, 6.07) is 4.16. The Bertz CT molecular complexity index is 468. The van der Waals surface area contributed by atoms with Crippen LogP contribution in [0.2, 0.25) is 0 Å². The minimum atomic E-state index is -0.453. The molecule has 0 spiro atoms. The quantitative estimate of drug-likeness (QED) is 0.776. The smallest absolute Gasteiger partial charge is 0.410 e. The minimum absolute atomic E-state index is 0.0910. The van der Waals surface area contributed by atoms with Crippen LogP contribution in [0.3, 0.4) is 0 Å². The van der Waals surface area contributed by atoms with Crippen molar-refractivity contribution in [1.29, 1.82) is 0 Å². The van der Waals surface area contributed by atoms with Crippen molar-refractivity contribution in [2.24, 2.45) is 0 Å². The molecule has 1 atom stereocenters. The molecule has 1 aliphatic heterocycles. The van der Waals surface area contributed by atoms with Crippen molar-refractivity contribution in [2.75, 3.05) is 12.8 Å². The summed E-state index contributed by atoms with van der Waals surface area (Å²) < 4.78 is 5.48. The number of aromatic nitrogens is 1. The highest BCUT2D eigenvalue weighted by molar-refractivity contribution is 7.98. The van der Waals surface area contributed by atoms with Crippen LogP contribution in [0.4, 0.5) is 4.79 Å². The first-order valence-electron chi connectivity index (χ1n) is 6.90. The molecule has 110 valence electrons. The number of amides is 1. The van der Waals surface area contributed by atoms with Crippen molar-refractivity contribution in [3.05, 3.63) is 23.9 Å². The molecule has 1 aromatic rings. The van der Waals surface area contributed by atoms with Gasteiger partial charge in [-0.25, -0.2) is 9.78 Å². The van der Waals surface area contributed by atoms with Crippen LogP contribution in [0.1, 0.15) is 45.2 Å². The van der Waals surface area contributed by atoms with Crippen LogP contribution < -0.4 is 0 Å². The number of carbonyl (C=O) groups excluding carboxylic acids is 1. The molecular formula is C15H22N2O2S. The highest BCUT2D eigenvalue weighted by Crippen LogP contribution is 2.33. The highest BCUT2D eigenvalue weighted by Gasteiger charge is 2.33. The monoisotopic (exact) mass is 294 g/mol. The van der Waals surface area contributed by atoms with Gasteiger partial charge in [-0.05, 0) is 51.5 Å². The van der Waals surface area contributed by atoms with E-state index in [9.17, 15) is 4.79 Å². The second-order valence-corrected chi connectivity index (χ2v) is 6.79. The fourth-order valence-electron chi connectivity index (χ4n) is 2.36. The first-order chi connectivity index (χ1) is 9.40. The Labute approximate surface area is 124 Å². The van der Waals surface area contributed by atoms with E-state index in [1.807, 2.05) is 44.2 Å². The number of nitrogens with zero attached hydrogens (tertiary/aromatic N) is 2. The maximum Gasteiger partial charge on any atom is 0.410 e. The van der Waals surface area contributed by atoms with Gasteiger partial charge in [0.2, 0.25) is 0 Å². The number of thioether (sulfide) groups is 1. The third-order valence-corrected chi connectivity index (χ3v) is 3.89.